The molecule has 2 nitrogen and oxygen atoms in total. The van der Waals surface area contributed by atoms with Crippen molar-refractivity contribution in [2.24, 2.45) is 0 Å². The van der Waals surface area contributed by atoms with Gasteiger partial charge in [-0.1, -0.05) is 12.5 Å². The second-order valence-electron chi connectivity index (χ2n) is 4.20. The Hall–Kier alpha value is -0.630. The molecule has 2 heteroatoms. The first-order valence-corrected chi connectivity index (χ1v) is 4.98. The number of carbonyl (C=O) groups excluding carboxylic acids is 1. The summed E-state index contributed by atoms with van der Waals surface area (Å²) < 4.78 is 0. The van der Waals surface area contributed by atoms with Crippen molar-refractivity contribution in [1.29, 1.82) is 0 Å². The van der Waals surface area contributed by atoms with E-state index in [2.05, 4.69) is 0 Å². The number of Topliss-reactive ketones (excluding diaryl/α,β-unsaturated/α-hetero) is 1. The molecule has 0 saturated carbocycles. The fraction of sp³-hybridized carbons (Fsp3) is 0.727. The molecule has 0 aliphatic heterocycles. The van der Waals surface area contributed by atoms with Crippen molar-refractivity contribution < 1.29 is 9.90 Å². The van der Waals surface area contributed by atoms with Crippen LogP contribution in [0.3, 0.4) is 0 Å². The molecule has 0 fully saturated rings. The van der Waals surface area contributed by atoms with Crippen LogP contribution in [-0.4, -0.2) is 16.5 Å². The lowest BCUT2D eigenvalue weighted by Gasteiger charge is -2.22. The summed E-state index contributed by atoms with van der Waals surface area (Å²) in [6.07, 6.45) is 6.64. The monoisotopic (exact) mass is 182 g/mol. The number of hydrogen-bond acceptors (Lipinski definition) is 2. The van der Waals surface area contributed by atoms with E-state index in [1.54, 1.807) is 13.8 Å². The molecule has 0 aromatic heterocycles. The van der Waals surface area contributed by atoms with Gasteiger partial charge < -0.3 is 5.11 Å². The predicted octanol–water partition coefficient (Wildman–Crippen LogP) is 2.22. The normalized spacial score (nSPS) is 24.5. The van der Waals surface area contributed by atoms with Gasteiger partial charge in [-0.15, -0.1) is 0 Å². The van der Waals surface area contributed by atoms with Crippen molar-refractivity contribution in [3.63, 3.8) is 0 Å². The molecular weight excluding hydrogens is 164 g/mol. The van der Waals surface area contributed by atoms with E-state index in [0.717, 1.165) is 25.7 Å². The number of ketones is 1. The number of allylic oxidation sites excluding steroid dienone is 1. The molecule has 0 aromatic rings. The molecule has 0 unspecified atom stereocenters. The summed E-state index contributed by atoms with van der Waals surface area (Å²) in [5, 5.41) is 9.74. The molecule has 0 amide bonds. The predicted molar refractivity (Wildman–Crippen MR) is 52.5 cm³/mol. The van der Waals surface area contributed by atoms with Crippen LogP contribution in [-0.2, 0) is 4.79 Å². The molecule has 1 rings (SSSR count). The topological polar surface area (TPSA) is 37.3 Å². The quantitative estimate of drug-likeness (QED) is 0.675. The molecule has 1 N–H and O–H groups in total. The molecule has 0 saturated heterocycles. The highest BCUT2D eigenvalue weighted by Crippen LogP contribution is 2.22. The van der Waals surface area contributed by atoms with Crippen LogP contribution in [0.15, 0.2) is 11.6 Å². The van der Waals surface area contributed by atoms with Gasteiger partial charge in [0.2, 0.25) is 0 Å². The van der Waals surface area contributed by atoms with Crippen LogP contribution in [0.4, 0.5) is 0 Å². The van der Waals surface area contributed by atoms with Crippen LogP contribution in [0.1, 0.15) is 46.0 Å². The Labute approximate surface area is 79.6 Å². The smallest absolute Gasteiger partial charge is 0.161 e. The number of rotatable bonds is 1. The largest absolute Gasteiger partial charge is 0.386 e. The van der Waals surface area contributed by atoms with Crippen molar-refractivity contribution in [3.8, 4) is 0 Å². The van der Waals surface area contributed by atoms with Gasteiger partial charge in [0.1, 0.15) is 0 Å². The Kier molecular flexibility index (Phi) is 3.26. The number of carbonyl (C=O) groups is 1. The van der Waals surface area contributed by atoms with E-state index in [9.17, 15) is 9.90 Å². The summed E-state index contributed by atoms with van der Waals surface area (Å²) >= 11 is 0. The Morgan fingerprint density at radius 2 is 2.00 bits per heavy atom. The van der Waals surface area contributed by atoms with Crippen molar-refractivity contribution in [1.82, 2.24) is 0 Å². The van der Waals surface area contributed by atoms with Crippen LogP contribution in [0.5, 0.6) is 0 Å². The maximum absolute atomic E-state index is 11.6. The lowest BCUT2D eigenvalue weighted by atomic mass is 9.88. The second kappa shape index (κ2) is 4.05. The molecule has 0 atom stereocenters. The lowest BCUT2D eigenvalue weighted by molar-refractivity contribution is -0.117. The molecule has 0 aromatic carbocycles. The molecule has 0 spiro atoms. The van der Waals surface area contributed by atoms with E-state index in [1.165, 1.54) is 0 Å². The third-order valence-corrected chi connectivity index (χ3v) is 2.42. The highest BCUT2D eigenvalue weighted by molar-refractivity contribution is 5.97. The van der Waals surface area contributed by atoms with Crippen LogP contribution in [0.2, 0.25) is 0 Å². The van der Waals surface area contributed by atoms with Crippen LogP contribution < -0.4 is 0 Å². The van der Waals surface area contributed by atoms with Crippen LogP contribution >= 0.6 is 0 Å². The fourth-order valence-corrected chi connectivity index (χ4v) is 1.69. The summed E-state index contributed by atoms with van der Waals surface area (Å²) in [6.45, 7) is 3.36. The maximum Gasteiger partial charge on any atom is 0.161 e. The van der Waals surface area contributed by atoms with Gasteiger partial charge in [-0.25, -0.2) is 0 Å². The van der Waals surface area contributed by atoms with Crippen molar-refractivity contribution in [3.05, 3.63) is 11.6 Å². The van der Waals surface area contributed by atoms with Gasteiger partial charge in [0.05, 0.1) is 5.60 Å². The molecule has 13 heavy (non-hydrogen) atoms. The zero-order valence-electron chi connectivity index (χ0n) is 8.47. The summed E-state index contributed by atoms with van der Waals surface area (Å²) in [5.74, 6) is 0.118. The van der Waals surface area contributed by atoms with Crippen molar-refractivity contribution >= 4 is 5.78 Å². The third kappa shape index (κ3) is 2.96. The zero-order chi connectivity index (χ0) is 9.90. The standard InChI is InChI=1S/C11H18O2/c1-11(2,13)9-7-5-3-4-6-8-10(9)12/h7,13H,3-6,8H2,1-2H3/b9-7+. The summed E-state index contributed by atoms with van der Waals surface area (Å²) in [6, 6.07) is 0. The highest BCUT2D eigenvalue weighted by Gasteiger charge is 2.25. The lowest BCUT2D eigenvalue weighted by Crippen LogP contribution is -2.28. The van der Waals surface area contributed by atoms with Gasteiger partial charge in [0.25, 0.3) is 0 Å². The average molecular weight is 182 g/mol. The minimum atomic E-state index is -0.964. The Bertz CT molecular complexity index is 221. The molecule has 1 aliphatic carbocycles. The highest BCUT2D eigenvalue weighted by atomic mass is 16.3. The molecule has 0 bridgehead atoms. The maximum atomic E-state index is 11.6. The molecule has 1 aliphatic rings. The van der Waals surface area contributed by atoms with Gasteiger partial charge in [-0.2, -0.15) is 0 Å². The number of hydrogen-bond donors (Lipinski definition) is 1. The van der Waals surface area contributed by atoms with E-state index < -0.39 is 5.60 Å². The van der Waals surface area contributed by atoms with Crippen LogP contribution in [0.25, 0.3) is 0 Å². The SMILES string of the molecule is CC(C)(O)/C1=C/CCCCCC1=O. The second-order valence-corrected chi connectivity index (χ2v) is 4.20. The van der Waals surface area contributed by atoms with Gasteiger partial charge >= 0.3 is 0 Å². The van der Waals surface area contributed by atoms with E-state index in [-0.39, 0.29) is 5.78 Å². The first-order valence-electron chi connectivity index (χ1n) is 4.98. The van der Waals surface area contributed by atoms with E-state index in [0.29, 0.717) is 12.0 Å². The molecule has 0 heterocycles. The average Bonchev–Trinajstić information content (AvgIpc) is 1.94. The third-order valence-electron chi connectivity index (χ3n) is 2.42. The first-order chi connectivity index (χ1) is 6.02. The van der Waals surface area contributed by atoms with Gasteiger partial charge in [-0.05, 0) is 33.1 Å². The van der Waals surface area contributed by atoms with Gasteiger partial charge in [0, 0.05) is 12.0 Å². The van der Waals surface area contributed by atoms with Gasteiger partial charge in [-0.3, -0.25) is 4.79 Å². The van der Waals surface area contributed by atoms with E-state index in [1.807, 2.05) is 6.08 Å². The fourth-order valence-electron chi connectivity index (χ4n) is 1.69. The number of aliphatic hydroxyl groups is 1. The summed E-state index contributed by atoms with van der Waals surface area (Å²) in [5.41, 5.74) is -0.360. The van der Waals surface area contributed by atoms with Gasteiger partial charge in [0.15, 0.2) is 5.78 Å². The Morgan fingerprint density at radius 1 is 1.31 bits per heavy atom. The van der Waals surface area contributed by atoms with E-state index >= 15 is 0 Å². The molecule has 0 radical (unpaired) electrons. The molecular formula is C11H18O2. The van der Waals surface area contributed by atoms with Crippen molar-refractivity contribution in [2.75, 3.05) is 0 Å². The minimum absolute atomic E-state index is 0.118. The zero-order valence-corrected chi connectivity index (χ0v) is 8.47. The van der Waals surface area contributed by atoms with Crippen LogP contribution in [0, 0.1) is 0 Å². The molecule has 74 valence electrons. The Morgan fingerprint density at radius 3 is 2.62 bits per heavy atom. The first kappa shape index (κ1) is 10.5. The summed E-state index contributed by atoms with van der Waals surface area (Å²) in [4.78, 5) is 11.6. The van der Waals surface area contributed by atoms with E-state index in [4.69, 9.17) is 0 Å². The van der Waals surface area contributed by atoms with Crippen molar-refractivity contribution in [2.45, 2.75) is 51.6 Å². The minimum Gasteiger partial charge on any atom is -0.386 e. The Balaban J connectivity index is 2.82. The summed E-state index contributed by atoms with van der Waals surface area (Å²) in [7, 11) is 0.